The number of alkyl halides is 1. The van der Waals surface area contributed by atoms with Crippen LogP contribution in [0.3, 0.4) is 0 Å². The molecule has 1 saturated heterocycles. The van der Waals surface area contributed by atoms with E-state index in [1.807, 2.05) is 31.7 Å². The summed E-state index contributed by atoms with van der Waals surface area (Å²) in [4.78, 5) is 26.6. The molecule has 0 unspecified atom stereocenters. The average Bonchev–Trinajstić information content (AvgIpc) is 2.39. The molecule has 1 aliphatic heterocycles. The van der Waals surface area contributed by atoms with Crippen LogP contribution in [0.15, 0.2) is 5.70 Å². The summed E-state index contributed by atoms with van der Waals surface area (Å²) in [6.07, 6.45) is 1.55. The second kappa shape index (κ2) is 6.81. The van der Waals surface area contributed by atoms with Gasteiger partial charge in [-0.3, -0.25) is 4.79 Å². The topological polar surface area (TPSA) is 40.6 Å². The third kappa shape index (κ3) is 3.50. The zero-order valence-corrected chi connectivity index (χ0v) is 12.0. The monoisotopic (exact) mass is 272 g/mol. The minimum atomic E-state index is 0.0666. The molecule has 0 spiro atoms. The van der Waals surface area contributed by atoms with Gasteiger partial charge in [-0.05, 0) is 26.7 Å². The van der Waals surface area contributed by atoms with Crippen molar-refractivity contribution in [3.8, 4) is 0 Å². The van der Waals surface area contributed by atoms with E-state index in [9.17, 15) is 9.59 Å². The molecule has 1 rings (SSSR count). The third-order valence-corrected chi connectivity index (χ3v) is 3.85. The van der Waals surface area contributed by atoms with Crippen molar-refractivity contribution >= 4 is 23.4 Å². The summed E-state index contributed by atoms with van der Waals surface area (Å²) in [5, 5.41) is 0. The molecule has 0 aliphatic carbocycles. The van der Waals surface area contributed by atoms with Crippen LogP contribution in [-0.2, 0) is 9.59 Å². The van der Waals surface area contributed by atoms with Crippen molar-refractivity contribution in [2.45, 2.75) is 32.7 Å². The van der Waals surface area contributed by atoms with Crippen molar-refractivity contribution in [2.24, 2.45) is 5.92 Å². The summed E-state index contributed by atoms with van der Waals surface area (Å²) in [7, 11) is 1.84. The standard InChI is InChI=1S/C13H21ClN2O2/c1-10(2)15(3)13(18)11-4-6-16(7-5-11)12(8-14)9-17/h10-11H,4-8H2,1-3H3. The van der Waals surface area contributed by atoms with Gasteiger partial charge in [-0.15, -0.1) is 11.6 Å². The number of halogens is 1. The lowest BCUT2D eigenvalue weighted by Gasteiger charge is -2.35. The molecule has 4 nitrogen and oxygen atoms in total. The van der Waals surface area contributed by atoms with Crippen LogP contribution in [0.25, 0.3) is 0 Å². The Morgan fingerprint density at radius 2 is 2.00 bits per heavy atom. The fourth-order valence-electron chi connectivity index (χ4n) is 2.12. The highest BCUT2D eigenvalue weighted by molar-refractivity contribution is 6.20. The molecular weight excluding hydrogens is 252 g/mol. The molecule has 1 heterocycles. The minimum Gasteiger partial charge on any atom is -0.365 e. The van der Waals surface area contributed by atoms with Crippen LogP contribution in [0.4, 0.5) is 0 Å². The Morgan fingerprint density at radius 1 is 1.44 bits per heavy atom. The second-order valence-electron chi connectivity index (χ2n) is 4.99. The first-order chi connectivity index (χ1) is 8.51. The fourth-order valence-corrected chi connectivity index (χ4v) is 2.34. The van der Waals surface area contributed by atoms with Gasteiger partial charge >= 0.3 is 0 Å². The Bertz CT molecular complexity index is 343. The molecule has 0 aromatic heterocycles. The minimum absolute atomic E-state index is 0.0666. The first kappa shape index (κ1) is 15.1. The number of amides is 1. The summed E-state index contributed by atoms with van der Waals surface area (Å²) in [6, 6.07) is 0.226. The molecule has 1 fully saturated rings. The summed E-state index contributed by atoms with van der Waals surface area (Å²) < 4.78 is 0. The van der Waals surface area contributed by atoms with Gasteiger partial charge in [0, 0.05) is 32.1 Å². The summed E-state index contributed by atoms with van der Waals surface area (Å²) in [6.45, 7) is 5.43. The van der Waals surface area contributed by atoms with Gasteiger partial charge in [0.2, 0.25) is 5.91 Å². The van der Waals surface area contributed by atoms with E-state index < -0.39 is 0 Å². The van der Waals surface area contributed by atoms with E-state index in [1.54, 1.807) is 4.90 Å². The lowest BCUT2D eigenvalue weighted by molar-refractivity contribution is -0.137. The number of piperidine rings is 1. The van der Waals surface area contributed by atoms with Gasteiger partial charge in [-0.2, -0.15) is 0 Å². The molecule has 102 valence electrons. The maximum atomic E-state index is 12.2. The van der Waals surface area contributed by atoms with Crippen LogP contribution in [0.1, 0.15) is 26.7 Å². The summed E-state index contributed by atoms with van der Waals surface area (Å²) in [5.74, 6) is 2.33. The smallest absolute Gasteiger partial charge is 0.225 e. The highest BCUT2D eigenvalue weighted by Crippen LogP contribution is 2.22. The van der Waals surface area contributed by atoms with Gasteiger partial charge < -0.3 is 9.80 Å². The zero-order valence-electron chi connectivity index (χ0n) is 11.3. The lowest BCUT2D eigenvalue weighted by Crippen LogP contribution is -2.43. The summed E-state index contributed by atoms with van der Waals surface area (Å²) >= 11 is 5.68. The van der Waals surface area contributed by atoms with Crippen LogP contribution in [-0.4, -0.2) is 53.7 Å². The Kier molecular flexibility index (Phi) is 5.70. The fraction of sp³-hybridized carbons (Fsp3) is 0.769. The van der Waals surface area contributed by atoms with E-state index in [1.165, 1.54) is 0 Å². The first-order valence-electron chi connectivity index (χ1n) is 6.32. The maximum absolute atomic E-state index is 12.2. The molecule has 0 N–H and O–H groups in total. The van der Waals surface area contributed by atoms with Crippen LogP contribution < -0.4 is 0 Å². The molecule has 0 atom stereocenters. The Hall–Kier alpha value is -0.990. The van der Waals surface area contributed by atoms with Crippen molar-refractivity contribution in [3.63, 3.8) is 0 Å². The molecule has 0 radical (unpaired) electrons. The van der Waals surface area contributed by atoms with Gasteiger partial charge in [-0.1, -0.05) is 0 Å². The molecule has 5 heteroatoms. The van der Waals surface area contributed by atoms with Gasteiger partial charge in [0.1, 0.15) is 11.6 Å². The Morgan fingerprint density at radius 3 is 2.39 bits per heavy atom. The number of carbonyl (C=O) groups excluding carboxylic acids is 2. The number of hydrogen-bond donors (Lipinski definition) is 0. The molecule has 18 heavy (non-hydrogen) atoms. The van der Waals surface area contributed by atoms with Crippen molar-refractivity contribution in [2.75, 3.05) is 26.0 Å². The third-order valence-electron chi connectivity index (χ3n) is 3.59. The average molecular weight is 273 g/mol. The Balaban J connectivity index is 2.54. The van der Waals surface area contributed by atoms with E-state index in [0.29, 0.717) is 18.8 Å². The highest BCUT2D eigenvalue weighted by atomic mass is 35.5. The predicted octanol–water partition coefficient (Wildman–Crippen LogP) is 1.52. The number of nitrogens with zero attached hydrogens (tertiary/aromatic N) is 2. The van der Waals surface area contributed by atoms with E-state index in [4.69, 9.17) is 11.6 Å². The van der Waals surface area contributed by atoms with Crippen molar-refractivity contribution < 1.29 is 9.59 Å². The molecule has 0 bridgehead atoms. The first-order valence-corrected chi connectivity index (χ1v) is 6.86. The van der Waals surface area contributed by atoms with Crippen molar-refractivity contribution in [1.82, 2.24) is 9.80 Å². The quantitative estimate of drug-likeness (QED) is 0.576. The molecular formula is C13H21ClN2O2. The van der Waals surface area contributed by atoms with Gasteiger partial charge in [0.05, 0.1) is 5.88 Å². The molecule has 0 aromatic rings. The number of rotatable bonds is 4. The van der Waals surface area contributed by atoms with Gasteiger partial charge in [-0.25, -0.2) is 4.79 Å². The van der Waals surface area contributed by atoms with Crippen LogP contribution >= 0.6 is 11.6 Å². The summed E-state index contributed by atoms with van der Waals surface area (Å²) in [5.41, 5.74) is 0.500. The van der Waals surface area contributed by atoms with Crippen molar-refractivity contribution in [3.05, 3.63) is 5.70 Å². The van der Waals surface area contributed by atoms with Gasteiger partial charge in [0.15, 0.2) is 0 Å². The molecule has 1 aliphatic rings. The number of carbonyl (C=O) groups is 1. The largest absolute Gasteiger partial charge is 0.365 e. The zero-order chi connectivity index (χ0) is 13.7. The van der Waals surface area contributed by atoms with E-state index in [0.717, 1.165) is 12.8 Å². The van der Waals surface area contributed by atoms with Gasteiger partial charge in [0.25, 0.3) is 0 Å². The van der Waals surface area contributed by atoms with Crippen LogP contribution in [0, 0.1) is 5.92 Å². The van der Waals surface area contributed by atoms with Crippen LogP contribution in [0.5, 0.6) is 0 Å². The van der Waals surface area contributed by atoms with Crippen molar-refractivity contribution in [1.29, 1.82) is 0 Å². The predicted molar refractivity (Wildman–Crippen MR) is 72.1 cm³/mol. The highest BCUT2D eigenvalue weighted by Gasteiger charge is 2.28. The maximum Gasteiger partial charge on any atom is 0.225 e. The lowest BCUT2D eigenvalue weighted by atomic mass is 9.95. The van der Waals surface area contributed by atoms with Crippen LogP contribution in [0.2, 0.25) is 0 Å². The Labute approximate surface area is 114 Å². The van der Waals surface area contributed by atoms with E-state index >= 15 is 0 Å². The second-order valence-corrected chi connectivity index (χ2v) is 5.25. The molecule has 1 amide bonds. The van der Waals surface area contributed by atoms with E-state index in [2.05, 4.69) is 0 Å². The number of hydrogen-bond acceptors (Lipinski definition) is 3. The normalized spacial score (nSPS) is 16.6. The number of allylic oxidation sites excluding steroid dienone is 1. The number of likely N-dealkylation sites (tertiary alicyclic amines) is 1. The molecule has 0 aromatic carbocycles. The molecule has 0 saturated carbocycles. The SMILES string of the molecule is CC(C)N(C)C(=O)C1CCN(C(=C=O)CCl)CC1. The van der Waals surface area contributed by atoms with E-state index in [-0.39, 0.29) is 23.7 Å².